The summed E-state index contributed by atoms with van der Waals surface area (Å²) >= 11 is 0. The van der Waals surface area contributed by atoms with Crippen LogP contribution in [0.5, 0.6) is 0 Å². The van der Waals surface area contributed by atoms with Crippen molar-refractivity contribution in [3.63, 3.8) is 0 Å². The van der Waals surface area contributed by atoms with Crippen LogP contribution >= 0.6 is 0 Å². The maximum absolute atomic E-state index is 12.4. The Morgan fingerprint density at radius 1 is 1.10 bits per heavy atom. The van der Waals surface area contributed by atoms with Gasteiger partial charge in [-0.05, 0) is 25.0 Å². The zero-order chi connectivity index (χ0) is 22.1. The highest BCUT2D eigenvalue weighted by molar-refractivity contribution is 7.89. The first-order valence-corrected chi connectivity index (χ1v) is 11.0. The summed E-state index contributed by atoms with van der Waals surface area (Å²) in [4.78, 5) is 27.5. The Balaban J connectivity index is 1.90. The number of hydrogen-bond donors (Lipinski definition) is 3. The second-order valence-corrected chi connectivity index (χ2v) is 8.56. The van der Waals surface area contributed by atoms with Gasteiger partial charge in [0, 0.05) is 25.9 Å². The minimum atomic E-state index is -3.56. The van der Waals surface area contributed by atoms with E-state index in [1.165, 1.54) is 7.11 Å². The van der Waals surface area contributed by atoms with Gasteiger partial charge in [-0.25, -0.2) is 17.9 Å². The topological polar surface area (TPSA) is 127 Å². The Hall–Kier alpha value is -2.69. The number of H-pyrrole nitrogens is 1. The summed E-state index contributed by atoms with van der Waals surface area (Å²) in [7, 11) is -2.06. The van der Waals surface area contributed by atoms with Crippen LogP contribution in [0.15, 0.2) is 30.3 Å². The van der Waals surface area contributed by atoms with Gasteiger partial charge < -0.3 is 19.8 Å². The molecule has 2 aromatic rings. The molecule has 164 valence electrons. The lowest BCUT2D eigenvalue weighted by molar-refractivity contribution is 0.0386. The number of methoxy groups -OCH3 is 1. The summed E-state index contributed by atoms with van der Waals surface area (Å²) < 4.78 is 36.7. The van der Waals surface area contributed by atoms with E-state index in [2.05, 4.69) is 15.0 Å². The van der Waals surface area contributed by atoms with Crippen LogP contribution in [-0.4, -0.2) is 57.9 Å². The minimum absolute atomic E-state index is 0.0753. The van der Waals surface area contributed by atoms with Crippen molar-refractivity contribution in [2.75, 3.05) is 32.6 Å². The monoisotopic (exact) mass is 437 g/mol. The van der Waals surface area contributed by atoms with Gasteiger partial charge in [0.15, 0.2) is 0 Å². The number of sulfonamides is 1. The Morgan fingerprint density at radius 3 is 2.47 bits per heavy atom. The lowest BCUT2D eigenvalue weighted by atomic mass is 10.1. The Bertz CT molecular complexity index is 970. The van der Waals surface area contributed by atoms with Gasteiger partial charge in [0.25, 0.3) is 5.91 Å². The average Bonchev–Trinajstić information content (AvgIpc) is 3.01. The zero-order valence-electron chi connectivity index (χ0n) is 17.3. The smallest absolute Gasteiger partial charge is 0.340 e. The molecule has 2 rings (SSSR count). The molecule has 0 aliphatic rings. The largest absolute Gasteiger partial charge is 0.460 e. The third-order valence-corrected chi connectivity index (χ3v) is 5.71. The molecule has 0 radical (unpaired) electrons. The van der Waals surface area contributed by atoms with Gasteiger partial charge in [0.05, 0.1) is 17.9 Å². The van der Waals surface area contributed by atoms with E-state index in [1.54, 1.807) is 13.8 Å². The van der Waals surface area contributed by atoms with Crippen LogP contribution in [0.1, 0.15) is 37.7 Å². The first-order valence-electron chi connectivity index (χ1n) is 9.40. The molecule has 3 N–H and O–H groups in total. The molecule has 9 nitrogen and oxygen atoms in total. The molecule has 0 saturated heterocycles. The summed E-state index contributed by atoms with van der Waals surface area (Å²) in [5.41, 5.74) is 2.26. The van der Waals surface area contributed by atoms with Crippen LogP contribution in [0.4, 0.5) is 0 Å². The second kappa shape index (κ2) is 10.9. The van der Waals surface area contributed by atoms with Crippen LogP contribution in [0.3, 0.4) is 0 Å². The number of benzene rings is 1. The number of rotatable bonds is 11. The number of ether oxygens (including phenoxy) is 2. The van der Waals surface area contributed by atoms with Crippen molar-refractivity contribution in [2.45, 2.75) is 20.4 Å². The summed E-state index contributed by atoms with van der Waals surface area (Å²) in [6.07, 6.45) is 0. The molecule has 30 heavy (non-hydrogen) atoms. The third-order valence-electron chi connectivity index (χ3n) is 4.38. The number of esters is 1. The van der Waals surface area contributed by atoms with Crippen molar-refractivity contribution in [1.29, 1.82) is 0 Å². The maximum atomic E-state index is 12.4. The molecule has 0 aliphatic heterocycles. The lowest BCUT2D eigenvalue weighted by Crippen LogP contribution is -2.34. The molecule has 10 heteroatoms. The van der Waals surface area contributed by atoms with Crippen molar-refractivity contribution in [1.82, 2.24) is 15.0 Å². The SMILES string of the molecule is COCCOC(=O)c1c(C)[nH]c(C(=O)NCCS(=O)(=O)NCc2ccccc2)c1C. The molecule has 1 aromatic carbocycles. The molecule has 0 bridgehead atoms. The summed E-state index contributed by atoms with van der Waals surface area (Å²) in [5, 5.41) is 2.56. The van der Waals surface area contributed by atoms with E-state index in [-0.39, 0.29) is 43.3 Å². The number of hydrogen-bond acceptors (Lipinski definition) is 6. The predicted octanol–water partition coefficient (Wildman–Crippen LogP) is 1.28. The van der Waals surface area contributed by atoms with Crippen LogP contribution in [0, 0.1) is 13.8 Å². The quantitative estimate of drug-likeness (QED) is 0.359. The van der Waals surface area contributed by atoms with E-state index in [4.69, 9.17) is 9.47 Å². The first kappa shape index (κ1) is 23.6. The molecule has 0 atom stereocenters. The fourth-order valence-corrected chi connectivity index (χ4v) is 3.72. The fraction of sp³-hybridized carbons (Fsp3) is 0.400. The van der Waals surface area contributed by atoms with Gasteiger partial charge in [-0.15, -0.1) is 0 Å². The molecule has 0 aliphatic carbocycles. The molecule has 0 unspecified atom stereocenters. The second-order valence-electron chi connectivity index (χ2n) is 6.64. The number of carbonyl (C=O) groups excluding carboxylic acids is 2. The van der Waals surface area contributed by atoms with Crippen LogP contribution in [0.25, 0.3) is 0 Å². The normalized spacial score (nSPS) is 11.3. The van der Waals surface area contributed by atoms with Gasteiger partial charge >= 0.3 is 5.97 Å². The van der Waals surface area contributed by atoms with E-state index in [1.807, 2.05) is 30.3 Å². The molecular weight excluding hydrogens is 410 g/mol. The number of aromatic amines is 1. The van der Waals surface area contributed by atoms with E-state index in [9.17, 15) is 18.0 Å². The fourth-order valence-electron chi connectivity index (χ4n) is 2.82. The standard InChI is InChI=1S/C20H27N3O6S/c1-14-17(20(25)29-11-10-28-3)15(2)23-18(14)19(24)21-9-12-30(26,27)22-13-16-7-5-4-6-8-16/h4-8,22-23H,9-13H2,1-3H3,(H,21,24). The molecule has 0 saturated carbocycles. The van der Waals surface area contributed by atoms with E-state index < -0.39 is 21.9 Å². The third kappa shape index (κ3) is 6.68. The maximum Gasteiger partial charge on any atom is 0.340 e. The minimum Gasteiger partial charge on any atom is -0.460 e. The number of nitrogens with one attached hydrogen (secondary N) is 3. The Kier molecular flexibility index (Phi) is 8.58. The zero-order valence-corrected chi connectivity index (χ0v) is 18.1. The first-order chi connectivity index (χ1) is 14.2. The molecule has 0 fully saturated rings. The van der Waals surface area contributed by atoms with Crippen molar-refractivity contribution in [2.24, 2.45) is 0 Å². The highest BCUT2D eigenvalue weighted by atomic mass is 32.2. The van der Waals surface area contributed by atoms with Crippen molar-refractivity contribution in [3.05, 3.63) is 58.4 Å². The van der Waals surface area contributed by atoms with Gasteiger partial charge in [0.2, 0.25) is 10.0 Å². The van der Waals surface area contributed by atoms with Gasteiger partial charge in [-0.1, -0.05) is 30.3 Å². The van der Waals surface area contributed by atoms with Crippen molar-refractivity contribution in [3.8, 4) is 0 Å². The number of aromatic nitrogens is 1. The number of carbonyl (C=O) groups is 2. The van der Waals surface area contributed by atoms with E-state index in [0.29, 0.717) is 11.3 Å². The highest BCUT2D eigenvalue weighted by Crippen LogP contribution is 2.19. The highest BCUT2D eigenvalue weighted by Gasteiger charge is 2.23. The van der Waals surface area contributed by atoms with Gasteiger partial charge in [-0.2, -0.15) is 0 Å². The van der Waals surface area contributed by atoms with E-state index in [0.717, 1.165) is 5.56 Å². The Labute approximate surface area is 176 Å². The lowest BCUT2D eigenvalue weighted by Gasteiger charge is -2.08. The van der Waals surface area contributed by atoms with Crippen LogP contribution in [0.2, 0.25) is 0 Å². The average molecular weight is 438 g/mol. The summed E-state index contributed by atoms with van der Waals surface area (Å²) in [5.74, 6) is -1.31. The predicted molar refractivity (Wildman–Crippen MR) is 112 cm³/mol. The Morgan fingerprint density at radius 2 is 1.80 bits per heavy atom. The molecule has 1 aromatic heterocycles. The van der Waals surface area contributed by atoms with Crippen LogP contribution in [-0.2, 0) is 26.0 Å². The summed E-state index contributed by atoms with van der Waals surface area (Å²) in [6, 6.07) is 9.14. The van der Waals surface area contributed by atoms with Crippen molar-refractivity contribution >= 4 is 21.9 Å². The molecule has 1 heterocycles. The van der Waals surface area contributed by atoms with Crippen LogP contribution < -0.4 is 10.0 Å². The number of amides is 1. The van der Waals surface area contributed by atoms with Crippen molar-refractivity contribution < 1.29 is 27.5 Å². The molecular formula is C20H27N3O6S. The number of aryl methyl sites for hydroxylation is 1. The molecule has 0 spiro atoms. The van der Waals surface area contributed by atoms with Gasteiger partial charge in [0.1, 0.15) is 12.3 Å². The molecule has 1 amide bonds. The summed E-state index contributed by atoms with van der Waals surface area (Å²) in [6.45, 7) is 3.77. The van der Waals surface area contributed by atoms with Gasteiger partial charge in [-0.3, -0.25) is 4.79 Å². The van der Waals surface area contributed by atoms with E-state index >= 15 is 0 Å².